The Bertz CT molecular complexity index is 568. The van der Waals surface area contributed by atoms with Gasteiger partial charge in [-0.05, 0) is 49.9 Å². The van der Waals surface area contributed by atoms with Crippen LogP contribution in [0, 0.1) is 27.7 Å². The monoisotopic (exact) mass is 298 g/mol. The first-order valence-corrected chi connectivity index (χ1v) is 8.41. The van der Waals surface area contributed by atoms with E-state index in [1.165, 1.54) is 33.6 Å². The molecule has 2 aromatic carbocycles. The minimum Gasteiger partial charge on any atom is -0.334 e. The second-order valence-corrected chi connectivity index (χ2v) is 7.16. The van der Waals surface area contributed by atoms with Gasteiger partial charge in [0, 0.05) is 24.5 Å². The van der Waals surface area contributed by atoms with Crippen LogP contribution < -0.4 is 9.34 Å². The summed E-state index contributed by atoms with van der Waals surface area (Å²) in [6.45, 7) is 11.1. The van der Waals surface area contributed by atoms with Gasteiger partial charge in [-0.2, -0.15) is 0 Å². The fraction of sp³-hybridized carbons (Fsp3) is 0.333. The van der Waals surface area contributed by atoms with E-state index in [1.54, 1.807) is 0 Å². The van der Waals surface area contributed by atoms with Crippen LogP contribution in [-0.2, 0) is 0 Å². The number of aryl methyl sites for hydroxylation is 4. The number of anilines is 2. The maximum absolute atomic E-state index is 2.54. The number of hydrogen-bond acceptors (Lipinski definition) is 2. The van der Waals surface area contributed by atoms with Crippen molar-refractivity contribution in [2.24, 2.45) is 0 Å². The third-order valence-corrected chi connectivity index (χ3v) is 5.58. The molecule has 2 aromatic rings. The molecule has 0 saturated carbocycles. The van der Waals surface area contributed by atoms with Gasteiger partial charge in [-0.25, -0.2) is 0 Å². The summed E-state index contributed by atoms with van der Waals surface area (Å²) in [7, 11) is 0.698. The predicted octanol–water partition coefficient (Wildman–Crippen LogP) is 4.76. The highest BCUT2D eigenvalue weighted by Crippen LogP contribution is 2.43. The Morgan fingerprint density at radius 3 is 1.33 bits per heavy atom. The van der Waals surface area contributed by atoms with Gasteiger partial charge < -0.3 is 9.34 Å². The Morgan fingerprint density at radius 2 is 1.00 bits per heavy atom. The fourth-order valence-electron chi connectivity index (χ4n) is 3.23. The molecule has 21 heavy (non-hydrogen) atoms. The largest absolute Gasteiger partial charge is 0.334 e. The van der Waals surface area contributed by atoms with Gasteiger partial charge in [0.1, 0.15) is 0 Å². The molecule has 110 valence electrons. The zero-order valence-corrected chi connectivity index (χ0v) is 14.3. The van der Waals surface area contributed by atoms with Crippen molar-refractivity contribution in [1.29, 1.82) is 0 Å². The maximum Gasteiger partial charge on any atom is 0.0800 e. The standard InChI is InChI=1S/C18H23N2P/c1-13-7-5-8-14(2)17(13)19-11-12-20(21-19)18-15(3)9-6-10-16(18)4/h5-10,21H,11-12H2,1-4H3. The Morgan fingerprint density at radius 1 is 0.667 bits per heavy atom. The molecule has 0 N–H and O–H groups in total. The first-order chi connectivity index (χ1) is 10.1. The molecule has 0 amide bonds. The van der Waals surface area contributed by atoms with Crippen LogP contribution in [0.4, 0.5) is 11.4 Å². The number of nitrogens with zero attached hydrogens (tertiary/aromatic N) is 2. The van der Waals surface area contributed by atoms with Crippen LogP contribution in [0.3, 0.4) is 0 Å². The molecule has 1 aliphatic heterocycles. The van der Waals surface area contributed by atoms with Gasteiger partial charge in [0.2, 0.25) is 0 Å². The number of para-hydroxylation sites is 2. The summed E-state index contributed by atoms with van der Waals surface area (Å²) in [4.78, 5) is 0. The highest BCUT2D eigenvalue weighted by atomic mass is 31.1. The molecule has 0 bridgehead atoms. The zero-order chi connectivity index (χ0) is 15.0. The Hall–Kier alpha value is -1.53. The van der Waals surface area contributed by atoms with Crippen LogP contribution in [0.2, 0.25) is 0 Å². The van der Waals surface area contributed by atoms with Crippen LogP contribution >= 0.6 is 8.88 Å². The Kier molecular flexibility index (Phi) is 3.91. The van der Waals surface area contributed by atoms with Crippen molar-refractivity contribution in [2.75, 3.05) is 22.4 Å². The van der Waals surface area contributed by atoms with E-state index < -0.39 is 0 Å². The molecule has 0 unspecified atom stereocenters. The molecular weight excluding hydrogens is 275 g/mol. The summed E-state index contributed by atoms with van der Waals surface area (Å²) in [6.07, 6.45) is 0. The Balaban J connectivity index is 1.89. The normalized spacial score (nSPS) is 14.9. The topological polar surface area (TPSA) is 6.48 Å². The van der Waals surface area contributed by atoms with Crippen LogP contribution in [0.5, 0.6) is 0 Å². The molecule has 1 aliphatic rings. The summed E-state index contributed by atoms with van der Waals surface area (Å²) in [5.74, 6) is 0. The highest BCUT2D eigenvalue weighted by molar-refractivity contribution is 7.42. The molecule has 3 rings (SSSR count). The average Bonchev–Trinajstić information content (AvgIpc) is 2.87. The van der Waals surface area contributed by atoms with Crippen LogP contribution in [-0.4, -0.2) is 13.1 Å². The lowest BCUT2D eigenvalue weighted by Crippen LogP contribution is -2.13. The second kappa shape index (κ2) is 5.69. The van der Waals surface area contributed by atoms with Crippen molar-refractivity contribution in [1.82, 2.24) is 0 Å². The Labute approximate surface area is 129 Å². The van der Waals surface area contributed by atoms with Gasteiger partial charge in [-0.3, -0.25) is 0 Å². The van der Waals surface area contributed by atoms with Crippen molar-refractivity contribution >= 4 is 20.3 Å². The molecular formula is C18H23N2P. The minimum absolute atomic E-state index is 0.698. The lowest BCUT2D eigenvalue weighted by molar-refractivity contribution is 1.01. The number of benzene rings is 2. The van der Waals surface area contributed by atoms with E-state index in [2.05, 4.69) is 73.4 Å². The van der Waals surface area contributed by atoms with Crippen molar-refractivity contribution in [3.05, 3.63) is 58.7 Å². The lowest BCUT2D eigenvalue weighted by Gasteiger charge is -2.25. The highest BCUT2D eigenvalue weighted by Gasteiger charge is 2.24. The molecule has 1 fully saturated rings. The summed E-state index contributed by atoms with van der Waals surface area (Å²) in [6, 6.07) is 13.2. The molecule has 3 heteroatoms. The molecule has 0 aromatic heterocycles. The van der Waals surface area contributed by atoms with E-state index in [0.717, 1.165) is 13.1 Å². The molecule has 0 aliphatic carbocycles. The molecule has 1 heterocycles. The van der Waals surface area contributed by atoms with Crippen molar-refractivity contribution < 1.29 is 0 Å². The van der Waals surface area contributed by atoms with E-state index >= 15 is 0 Å². The summed E-state index contributed by atoms with van der Waals surface area (Å²) < 4.78 is 5.08. The zero-order valence-electron chi connectivity index (χ0n) is 13.3. The third-order valence-electron chi connectivity index (χ3n) is 4.21. The van der Waals surface area contributed by atoms with E-state index in [-0.39, 0.29) is 0 Å². The lowest BCUT2D eigenvalue weighted by atomic mass is 10.1. The van der Waals surface area contributed by atoms with Crippen LogP contribution in [0.15, 0.2) is 36.4 Å². The van der Waals surface area contributed by atoms with Gasteiger partial charge in [-0.15, -0.1) is 0 Å². The first kappa shape index (κ1) is 14.4. The first-order valence-electron chi connectivity index (χ1n) is 7.51. The van der Waals surface area contributed by atoms with E-state index in [4.69, 9.17) is 0 Å². The number of hydrogen-bond donors (Lipinski definition) is 0. The van der Waals surface area contributed by atoms with Crippen LogP contribution in [0.25, 0.3) is 0 Å². The fourth-order valence-corrected chi connectivity index (χ4v) is 4.83. The second-order valence-electron chi connectivity index (χ2n) is 5.88. The van der Waals surface area contributed by atoms with E-state index in [0.29, 0.717) is 8.88 Å². The average molecular weight is 298 g/mol. The minimum atomic E-state index is 0.698. The maximum atomic E-state index is 2.54. The molecule has 0 spiro atoms. The van der Waals surface area contributed by atoms with Gasteiger partial charge in [0.15, 0.2) is 0 Å². The smallest absolute Gasteiger partial charge is 0.0800 e. The predicted molar refractivity (Wildman–Crippen MR) is 94.8 cm³/mol. The summed E-state index contributed by atoms with van der Waals surface area (Å²) >= 11 is 0. The van der Waals surface area contributed by atoms with E-state index in [1.807, 2.05) is 0 Å². The van der Waals surface area contributed by atoms with Crippen LogP contribution in [0.1, 0.15) is 22.3 Å². The van der Waals surface area contributed by atoms with E-state index in [9.17, 15) is 0 Å². The third kappa shape index (κ3) is 2.65. The molecule has 0 radical (unpaired) electrons. The molecule has 1 saturated heterocycles. The van der Waals surface area contributed by atoms with Crippen molar-refractivity contribution in [2.45, 2.75) is 27.7 Å². The summed E-state index contributed by atoms with van der Waals surface area (Å²) in [5, 5.41) is 0. The SMILES string of the molecule is Cc1cccc(C)c1N1CCN(c2c(C)cccc2C)P1. The van der Waals surface area contributed by atoms with Crippen molar-refractivity contribution in [3.8, 4) is 0 Å². The molecule has 2 nitrogen and oxygen atoms in total. The van der Waals surface area contributed by atoms with Gasteiger partial charge in [0.05, 0.1) is 8.88 Å². The quantitative estimate of drug-likeness (QED) is 0.738. The molecule has 0 atom stereocenters. The van der Waals surface area contributed by atoms with Gasteiger partial charge >= 0.3 is 0 Å². The van der Waals surface area contributed by atoms with Crippen molar-refractivity contribution in [3.63, 3.8) is 0 Å². The van der Waals surface area contributed by atoms with Gasteiger partial charge in [0.25, 0.3) is 0 Å². The number of rotatable bonds is 2. The van der Waals surface area contributed by atoms with Gasteiger partial charge in [-0.1, -0.05) is 36.4 Å². The summed E-state index contributed by atoms with van der Waals surface area (Å²) in [5.41, 5.74) is 8.36.